The Bertz CT molecular complexity index is 753. The number of halogens is 1. The summed E-state index contributed by atoms with van der Waals surface area (Å²) < 4.78 is 0.426. The molecule has 0 saturated heterocycles. The third-order valence-electron chi connectivity index (χ3n) is 2.49. The van der Waals surface area contributed by atoms with E-state index in [4.69, 9.17) is 5.26 Å². The van der Waals surface area contributed by atoms with Crippen LogP contribution < -0.4 is 5.32 Å². The van der Waals surface area contributed by atoms with Gasteiger partial charge in [0.05, 0.1) is 10.5 Å². The van der Waals surface area contributed by atoms with E-state index in [2.05, 4.69) is 26.2 Å². The fourth-order valence-corrected chi connectivity index (χ4v) is 2.01. The van der Waals surface area contributed by atoms with Crippen molar-refractivity contribution in [2.45, 2.75) is 0 Å². The second-order valence-electron chi connectivity index (χ2n) is 3.95. The van der Waals surface area contributed by atoms with Gasteiger partial charge < -0.3 is 5.32 Å². The summed E-state index contributed by atoms with van der Waals surface area (Å²) in [7, 11) is 0. The van der Waals surface area contributed by atoms with Gasteiger partial charge in [-0.15, -0.1) is 0 Å². The number of amides is 1. The van der Waals surface area contributed by atoms with Gasteiger partial charge in [-0.05, 0) is 18.2 Å². The Balaban J connectivity index is 2.23. The summed E-state index contributed by atoms with van der Waals surface area (Å²) in [6, 6.07) is 8.83. The molecule has 8 heteroatoms. The lowest BCUT2D eigenvalue weighted by Gasteiger charge is -2.05. The first-order valence-electron chi connectivity index (χ1n) is 5.62. The van der Waals surface area contributed by atoms with E-state index in [1.54, 1.807) is 0 Å². The van der Waals surface area contributed by atoms with E-state index in [0.29, 0.717) is 10.0 Å². The number of nitro groups is 1. The maximum Gasteiger partial charge on any atom is 0.271 e. The molecule has 0 unspecified atom stereocenters. The van der Waals surface area contributed by atoms with Gasteiger partial charge >= 0.3 is 0 Å². The highest BCUT2D eigenvalue weighted by Gasteiger charge is 2.14. The zero-order chi connectivity index (χ0) is 15.4. The lowest BCUT2D eigenvalue weighted by atomic mass is 10.2. The molecule has 0 spiro atoms. The molecule has 1 heterocycles. The summed E-state index contributed by atoms with van der Waals surface area (Å²) in [5.41, 5.74) is 0.302. The highest BCUT2D eigenvalue weighted by Crippen LogP contribution is 2.22. The number of carbonyl (C=O) groups excluding carboxylic acids is 1. The van der Waals surface area contributed by atoms with Crippen LogP contribution in [0.4, 0.5) is 11.5 Å². The van der Waals surface area contributed by atoms with Crippen molar-refractivity contribution in [2.24, 2.45) is 0 Å². The number of anilines is 1. The van der Waals surface area contributed by atoms with Crippen molar-refractivity contribution >= 4 is 33.3 Å². The first kappa shape index (κ1) is 14.6. The predicted octanol–water partition coefficient (Wildman–Crippen LogP) is 2.88. The Morgan fingerprint density at radius 1 is 1.38 bits per heavy atom. The molecule has 0 fully saturated rings. The number of nitrogens with zero attached hydrogens (tertiary/aromatic N) is 3. The lowest BCUT2D eigenvalue weighted by Crippen LogP contribution is -2.13. The van der Waals surface area contributed by atoms with Crippen molar-refractivity contribution in [3.8, 4) is 6.07 Å². The number of hydrogen-bond acceptors (Lipinski definition) is 5. The van der Waals surface area contributed by atoms with Gasteiger partial charge in [0.1, 0.15) is 11.9 Å². The number of aromatic nitrogens is 1. The third-order valence-corrected chi connectivity index (χ3v) is 2.95. The molecule has 0 aliphatic rings. The van der Waals surface area contributed by atoms with Gasteiger partial charge in [0.15, 0.2) is 0 Å². The van der Waals surface area contributed by atoms with E-state index < -0.39 is 10.8 Å². The molecular weight excluding hydrogens is 340 g/mol. The molecule has 0 aliphatic heterocycles. The Hall–Kier alpha value is -2.79. The van der Waals surface area contributed by atoms with E-state index in [1.807, 2.05) is 6.07 Å². The minimum atomic E-state index is -0.582. The van der Waals surface area contributed by atoms with E-state index >= 15 is 0 Å². The molecule has 2 rings (SSSR count). The topological polar surface area (TPSA) is 109 Å². The maximum absolute atomic E-state index is 12.0. The van der Waals surface area contributed by atoms with E-state index in [9.17, 15) is 14.9 Å². The molecule has 0 bridgehead atoms. The van der Waals surface area contributed by atoms with Crippen molar-refractivity contribution in [3.05, 3.63) is 62.2 Å². The number of benzene rings is 1. The quantitative estimate of drug-likeness (QED) is 0.678. The number of pyridine rings is 1. The minimum Gasteiger partial charge on any atom is -0.307 e. The van der Waals surface area contributed by atoms with Crippen LogP contribution in [-0.2, 0) is 0 Å². The van der Waals surface area contributed by atoms with Gasteiger partial charge in [0.25, 0.3) is 11.6 Å². The highest BCUT2D eigenvalue weighted by atomic mass is 79.9. The van der Waals surface area contributed by atoms with Crippen LogP contribution in [-0.4, -0.2) is 15.8 Å². The normalized spacial score (nSPS) is 9.71. The largest absolute Gasteiger partial charge is 0.307 e. The van der Waals surface area contributed by atoms with Gasteiger partial charge in [0.2, 0.25) is 0 Å². The molecule has 7 nitrogen and oxygen atoms in total. The zero-order valence-corrected chi connectivity index (χ0v) is 12.0. The number of carbonyl (C=O) groups is 1. The summed E-state index contributed by atoms with van der Waals surface area (Å²) in [6.07, 6.45) is 1.32. The molecule has 21 heavy (non-hydrogen) atoms. The summed E-state index contributed by atoms with van der Waals surface area (Å²) >= 11 is 3.12. The molecule has 0 aliphatic carbocycles. The van der Waals surface area contributed by atoms with Gasteiger partial charge in [-0.2, -0.15) is 5.26 Å². The number of nitrogens with one attached hydrogen (secondary N) is 1. The zero-order valence-electron chi connectivity index (χ0n) is 10.4. The van der Waals surface area contributed by atoms with Crippen molar-refractivity contribution < 1.29 is 9.72 Å². The summed E-state index contributed by atoms with van der Waals surface area (Å²) in [6.45, 7) is 0. The monoisotopic (exact) mass is 346 g/mol. The number of rotatable bonds is 3. The predicted molar refractivity (Wildman–Crippen MR) is 77.7 cm³/mol. The van der Waals surface area contributed by atoms with Crippen LogP contribution in [0.3, 0.4) is 0 Å². The number of hydrogen-bond donors (Lipinski definition) is 1. The van der Waals surface area contributed by atoms with Crippen molar-refractivity contribution in [1.29, 1.82) is 5.26 Å². The average Bonchev–Trinajstić information content (AvgIpc) is 2.47. The molecule has 0 saturated carbocycles. The fourth-order valence-electron chi connectivity index (χ4n) is 1.53. The van der Waals surface area contributed by atoms with Gasteiger partial charge in [-0.3, -0.25) is 14.9 Å². The Morgan fingerprint density at radius 2 is 2.14 bits per heavy atom. The summed E-state index contributed by atoms with van der Waals surface area (Å²) in [5, 5.41) is 21.9. The van der Waals surface area contributed by atoms with Crippen LogP contribution in [0.5, 0.6) is 0 Å². The third kappa shape index (κ3) is 3.61. The van der Waals surface area contributed by atoms with Crippen LogP contribution >= 0.6 is 15.9 Å². The molecule has 1 aromatic carbocycles. The Kier molecular flexibility index (Phi) is 4.25. The van der Waals surface area contributed by atoms with Crippen LogP contribution in [0.25, 0.3) is 0 Å². The number of non-ortho nitro benzene ring substituents is 1. The van der Waals surface area contributed by atoms with Crippen molar-refractivity contribution in [1.82, 2.24) is 4.98 Å². The molecule has 2 aromatic rings. The molecule has 1 amide bonds. The second kappa shape index (κ2) is 6.11. The first-order valence-corrected chi connectivity index (χ1v) is 6.41. The minimum absolute atomic E-state index is 0.127. The second-order valence-corrected chi connectivity index (χ2v) is 4.87. The van der Waals surface area contributed by atoms with Crippen LogP contribution in [0.2, 0.25) is 0 Å². The lowest BCUT2D eigenvalue weighted by molar-refractivity contribution is -0.384. The standard InChI is InChI=1S/C13H7BrN4O3/c14-10-3-9(4-11(5-10)18(20)21)13(19)17-12-2-1-8(6-15)7-16-12/h1-5,7H,(H,16,17,19). The van der Waals surface area contributed by atoms with Gasteiger partial charge in [0, 0.05) is 28.4 Å². The Labute approximate surface area is 127 Å². The Morgan fingerprint density at radius 3 is 2.71 bits per heavy atom. The summed E-state index contributed by atoms with van der Waals surface area (Å²) in [5.74, 6) is -0.279. The smallest absolute Gasteiger partial charge is 0.271 e. The molecule has 0 radical (unpaired) electrons. The van der Waals surface area contributed by atoms with E-state index in [0.717, 1.165) is 0 Å². The molecule has 0 atom stereocenters. The number of nitro benzene ring substituents is 1. The molecule has 1 N–H and O–H groups in total. The van der Waals surface area contributed by atoms with E-state index in [-0.39, 0.29) is 17.1 Å². The number of nitriles is 1. The fraction of sp³-hybridized carbons (Fsp3) is 0. The summed E-state index contributed by atoms with van der Waals surface area (Å²) in [4.78, 5) is 26.1. The maximum atomic E-state index is 12.0. The van der Waals surface area contributed by atoms with Crippen molar-refractivity contribution in [3.63, 3.8) is 0 Å². The average molecular weight is 347 g/mol. The van der Waals surface area contributed by atoms with Crippen LogP contribution in [0, 0.1) is 21.4 Å². The van der Waals surface area contributed by atoms with Gasteiger partial charge in [-0.1, -0.05) is 15.9 Å². The van der Waals surface area contributed by atoms with Gasteiger partial charge in [-0.25, -0.2) is 4.98 Å². The molecular formula is C13H7BrN4O3. The highest BCUT2D eigenvalue weighted by molar-refractivity contribution is 9.10. The van der Waals surface area contributed by atoms with E-state index in [1.165, 1.54) is 36.5 Å². The first-order chi connectivity index (χ1) is 9.99. The SMILES string of the molecule is N#Cc1ccc(NC(=O)c2cc(Br)cc([N+](=O)[O-])c2)nc1. The molecule has 1 aromatic heterocycles. The molecule has 104 valence electrons. The van der Waals surface area contributed by atoms with Crippen LogP contribution in [0.15, 0.2) is 41.0 Å². The van der Waals surface area contributed by atoms with Crippen molar-refractivity contribution in [2.75, 3.05) is 5.32 Å². The van der Waals surface area contributed by atoms with Crippen LogP contribution in [0.1, 0.15) is 15.9 Å².